The summed E-state index contributed by atoms with van der Waals surface area (Å²) < 4.78 is 15.0. The van der Waals surface area contributed by atoms with Gasteiger partial charge in [0.1, 0.15) is 5.82 Å². The zero-order valence-corrected chi connectivity index (χ0v) is 22.8. The number of aryl methyl sites for hydroxylation is 1. The number of nitrogen functional groups attached to an aromatic ring is 1. The first-order valence-electron chi connectivity index (χ1n) is 13.5. The number of benzene rings is 5. The SMILES string of the molecule is Cc1cc(NC(=O)c2cccc3cc(-c4cccc5c4c(N)nn5C(=O)[C@H](N)Cc4ccccc4)ccc23)ccc1F. The fraction of sp³-hybridized carbons (Fsp3) is 0.0882. The summed E-state index contributed by atoms with van der Waals surface area (Å²) in [6, 6.07) is 30.1. The molecule has 0 saturated heterocycles. The van der Waals surface area contributed by atoms with E-state index in [9.17, 15) is 14.0 Å². The second-order valence-corrected chi connectivity index (χ2v) is 10.3. The highest BCUT2D eigenvalue weighted by atomic mass is 19.1. The molecule has 0 bridgehead atoms. The summed E-state index contributed by atoms with van der Waals surface area (Å²) in [6.07, 6.45) is 0.377. The van der Waals surface area contributed by atoms with Crippen molar-refractivity contribution in [1.29, 1.82) is 0 Å². The summed E-state index contributed by atoms with van der Waals surface area (Å²) >= 11 is 0. The van der Waals surface area contributed by atoms with E-state index in [1.165, 1.54) is 16.8 Å². The molecule has 0 aliphatic rings. The van der Waals surface area contributed by atoms with Crippen LogP contribution in [0.5, 0.6) is 0 Å². The van der Waals surface area contributed by atoms with Crippen LogP contribution in [0.25, 0.3) is 32.8 Å². The van der Waals surface area contributed by atoms with Gasteiger partial charge in [0.15, 0.2) is 5.82 Å². The lowest BCUT2D eigenvalue weighted by atomic mass is 9.96. The van der Waals surface area contributed by atoms with Gasteiger partial charge < -0.3 is 16.8 Å². The van der Waals surface area contributed by atoms with Gasteiger partial charge in [-0.25, -0.2) is 4.39 Å². The highest BCUT2D eigenvalue weighted by Crippen LogP contribution is 2.35. The zero-order chi connectivity index (χ0) is 29.4. The maximum atomic E-state index is 13.7. The molecule has 1 atom stereocenters. The molecule has 208 valence electrons. The monoisotopic (exact) mass is 557 g/mol. The van der Waals surface area contributed by atoms with Crippen LogP contribution in [0.2, 0.25) is 0 Å². The van der Waals surface area contributed by atoms with Gasteiger partial charge in [0.25, 0.3) is 11.8 Å². The lowest BCUT2D eigenvalue weighted by Gasteiger charge is -2.12. The van der Waals surface area contributed by atoms with Crippen molar-refractivity contribution in [3.05, 3.63) is 126 Å². The number of nitrogens with two attached hydrogens (primary N) is 2. The highest BCUT2D eigenvalue weighted by molar-refractivity contribution is 6.14. The second kappa shape index (κ2) is 10.9. The minimum Gasteiger partial charge on any atom is -0.382 e. The number of anilines is 2. The van der Waals surface area contributed by atoms with E-state index in [2.05, 4.69) is 10.4 Å². The number of amides is 1. The summed E-state index contributed by atoms with van der Waals surface area (Å²) in [6.45, 7) is 1.65. The molecule has 1 heterocycles. The fourth-order valence-corrected chi connectivity index (χ4v) is 5.29. The van der Waals surface area contributed by atoms with Crippen molar-refractivity contribution < 1.29 is 14.0 Å². The summed E-state index contributed by atoms with van der Waals surface area (Å²) in [5.74, 6) is -0.740. The van der Waals surface area contributed by atoms with Gasteiger partial charge >= 0.3 is 0 Å². The van der Waals surface area contributed by atoms with E-state index in [0.29, 0.717) is 34.1 Å². The summed E-state index contributed by atoms with van der Waals surface area (Å²) in [5, 5.41) is 9.49. The van der Waals surface area contributed by atoms with Crippen LogP contribution in [0.15, 0.2) is 103 Å². The van der Waals surface area contributed by atoms with E-state index < -0.39 is 6.04 Å². The molecule has 1 aromatic heterocycles. The van der Waals surface area contributed by atoms with Crippen molar-refractivity contribution in [2.75, 3.05) is 11.1 Å². The average Bonchev–Trinajstić information content (AvgIpc) is 3.34. The van der Waals surface area contributed by atoms with E-state index in [1.807, 2.05) is 72.8 Å². The number of nitrogens with one attached hydrogen (secondary N) is 1. The number of hydrogen-bond donors (Lipinski definition) is 3. The Morgan fingerprint density at radius 1 is 0.929 bits per heavy atom. The number of hydrogen-bond acceptors (Lipinski definition) is 5. The van der Waals surface area contributed by atoms with Crippen LogP contribution in [0, 0.1) is 12.7 Å². The van der Waals surface area contributed by atoms with Gasteiger partial charge in [0.2, 0.25) is 0 Å². The molecule has 8 heteroatoms. The van der Waals surface area contributed by atoms with Gasteiger partial charge in [-0.1, -0.05) is 66.7 Å². The lowest BCUT2D eigenvalue weighted by molar-refractivity contribution is 0.0868. The van der Waals surface area contributed by atoms with Crippen LogP contribution >= 0.6 is 0 Å². The molecule has 7 nitrogen and oxygen atoms in total. The van der Waals surface area contributed by atoms with Crippen molar-refractivity contribution in [2.45, 2.75) is 19.4 Å². The largest absolute Gasteiger partial charge is 0.382 e. The number of nitrogens with zero attached hydrogens (tertiary/aromatic N) is 2. The van der Waals surface area contributed by atoms with E-state index in [-0.39, 0.29) is 23.4 Å². The summed E-state index contributed by atoms with van der Waals surface area (Å²) in [4.78, 5) is 26.5. The first-order chi connectivity index (χ1) is 20.3. The van der Waals surface area contributed by atoms with Crippen molar-refractivity contribution in [3.8, 4) is 11.1 Å². The molecule has 0 aliphatic heterocycles. The summed E-state index contributed by atoms with van der Waals surface area (Å²) in [5.41, 5.74) is 17.3. The lowest BCUT2D eigenvalue weighted by Crippen LogP contribution is -2.37. The van der Waals surface area contributed by atoms with Crippen LogP contribution in [-0.2, 0) is 6.42 Å². The third kappa shape index (κ3) is 5.00. The predicted molar refractivity (Wildman–Crippen MR) is 165 cm³/mol. The molecule has 6 rings (SSSR count). The number of carbonyl (C=O) groups is 2. The van der Waals surface area contributed by atoms with Crippen molar-refractivity contribution in [1.82, 2.24) is 9.78 Å². The molecule has 1 amide bonds. The van der Waals surface area contributed by atoms with Gasteiger partial charge in [0.05, 0.1) is 16.9 Å². The topological polar surface area (TPSA) is 116 Å². The van der Waals surface area contributed by atoms with E-state index in [0.717, 1.165) is 27.5 Å². The quantitative estimate of drug-likeness (QED) is 0.221. The van der Waals surface area contributed by atoms with Gasteiger partial charge in [0, 0.05) is 11.3 Å². The average molecular weight is 558 g/mol. The highest BCUT2D eigenvalue weighted by Gasteiger charge is 2.23. The van der Waals surface area contributed by atoms with Crippen LogP contribution < -0.4 is 16.8 Å². The number of aromatic nitrogens is 2. The zero-order valence-electron chi connectivity index (χ0n) is 22.8. The molecule has 6 aromatic rings. The molecule has 0 radical (unpaired) electrons. The van der Waals surface area contributed by atoms with Crippen molar-refractivity contribution in [2.24, 2.45) is 5.73 Å². The van der Waals surface area contributed by atoms with Crippen LogP contribution in [-0.4, -0.2) is 27.6 Å². The normalized spacial score (nSPS) is 12.0. The van der Waals surface area contributed by atoms with Gasteiger partial charge in [-0.3, -0.25) is 9.59 Å². The minimum atomic E-state index is -0.789. The molecular weight excluding hydrogens is 529 g/mol. The van der Waals surface area contributed by atoms with E-state index in [1.54, 1.807) is 25.1 Å². The number of carbonyl (C=O) groups excluding carboxylic acids is 2. The smallest absolute Gasteiger partial charge is 0.264 e. The number of rotatable bonds is 6. The minimum absolute atomic E-state index is 0.226. The van der Waals surface area contributed by atoms with Gasteiger partial charge in [-0.2, -0.15) is 4.68 Å². The Kier molecular flexibility index (Phi) is 6.98. The Bertz CT molecular complexity index is 1980. The third-order valence-electron chi connectivity index (χ3n) is 7.41. The Hall–Kier alpha value is -5.34. The van der Waals surface area contributed by atoms with Crippen molar-refractivity contribution in [3.63, 3.8) is 0 Å². The standard InChI is InChI=1S/C34H28FN5O2/c1-20-17-24(14-16-28(20)35)38-33(41)27-11-5-9-22-19-23(13-15-25(22)27)26-10-6-12-30-31(26)32(37)39-40(30)34(42)29(36)18-21-7-3-2-4-8-21/h2-17,19,29H,18,36H2,1H3,(H2,37,39)(H,38,41)/t29-/m1/s1. The molecule has 0 aliphatic carbocycles. The predicted octanol–water partition coefficient (Wildman–Crippen LogP) is 6.35. The third-order valence-corrected chi connectivity index (χ3v) is 7.41. The van der Waals surface area contributed by atoms with Crippen LogP contribution in [0.4, 0.5) is 15.9 Å². The van der Waals surface area contributed by atoms with Gasteiger partial charge in [-0.15, -0.1) is 5.10 Å². The van der Waals surface area contributed by atoms with Crippen molar-refractivity contribution >= 4 is 45.0 Å². The number of fused-ring (bicyclic) bond motifs is 2. The Labute approximate surface area is 241 Å². The van der Waals surface area contributed by atoms with E-state index >= 15 is 0 Å². The molecule has 0 fully saturated rings. The van der Waals surface area contributed by atoms with E-state index in [4.69, 9.17) is 11.5 Å². The molecule has 42 heavy (non-hydrogen) atoms. The molecule has 5 N–H and O–H groups in total. The maximum Gasteiger partial charge on any atom is 0.264 e. The molecule has 0 spiro atoms. The molecule has 0 unspecified atom stereocenters. The first kappa shape index (κ1) is 26.9. The fourth-order valence-electron chi connectivity index (χ4n) is 5.29. The van der Waals surface area contributed by atoms with Crippen LogP contribution in [0.1, 0.15) is 26.3 Å². The number of halogens is 1. The van der Waals surface area contributed by atoms with Crippen LogP contribution in [0.3, 0.4) is 0 Å². The Morgan fingerprint density at radius 3 is 2.50 bits per heavy atom. The first-order valence-corrected chi connectivity index (χ1v) is 13.5. The molecule has 5 aromatic carbocycles. The summed E-state index contributed by atoms with van der Waals surface area (Å²) in [7, 11) is 0. The molecule has 0 saturated carbocycles. The Balaban J connectivity index is 1.33. The van der Waals surface area contributed by atoms with Gasteiger partial charge in [-0.05, 0) is 82.8 Å². The molecular formula is C34H28FN5O2. The maximum absolute atomic E-state index is 13.7. The Morgan fingerprint density at radius 2 is 1.71 bits per heavy atom. The second-order valence-electron chi connectivity index (χ2n) is 10.3.